The standard InChI is InChI=1S/C17H17ClN4O4S2/c1-2-21-28(25,26)16-11-13(12-4-6-14(18)7-5-12)10-15(27(19,23)24)17(16)22-9-3-8-20-22/h3-11,21H,2H2,1H3,(H2,19,23,24). The average Bonchev–Trinajstić information content (AvgIpc) is 3.15. The summed E-state index contributed by atoms with van der Waals surface area (Å²) in [5.41, 5.74) is 0.786. The number of nitrogens with one attached hydrogen (secondary N) is 1. The van der Waals surface area contributed by atoms with Crippen LogP contribution in [0.4, 0.5) is 0 Å². The number of nitrogens with two attached hydrogens (primary N) is 1. The molecule has 3 rings (SSSR count). The molecular weight excluding hydrogens is 424 g/mol. The molecule has 11 heteroatoms. The van der Waals surface area contributed by atoms with Crippen LogP contribution in [0.1, 0.15) is 6.92 Å². The second-order valence-corrected chi connectivity index (χ2v) is 9.53. The number of sulfonamides is 2. The van der Waals surface area contributed by atoms with E-state index >= 15 is 0 Å². The van der Waals surface area contributed by atoms with Gasteiger partial charge in [0.2, 0.25) is 20.0 Å². The van der Waals surface area contributed by atoms with Crippen LogP contribution in [0.15, 0.2) is 64.6 Å². The Morgan fingerprint density at radius 3 is 2.25 bits per heavy atom. The lowest BCUT2D eigenvalue weighted by atomic mass is 10.1. The third kappa shape index (κ3) is 4.10. The van der Waals surface area contributed by atoms with E-state index in [2.05, 4.69) is 9.82 Å². The molecule has 8 nitrogen and oxygen atoms in total. The van der Waals surface area contributed by atoms with Crippen molar-refractivity contribution in [2.75, 3.05) is 6.54 Å². The first-order valence-electron chi connectivity index (χ1n) is 8.10. The highest BCUT2D eigenvalue weighted by Crippen LogP contribution is 2.33. The van der Waals surface area contributed by atoms with Crippen LogP contribution in [-0.2, 0) is 20.0 Å². The molecule has 0 spiro atoms. The van der Waals surface area contributed by atoms with Crippen LogP contribution >= 0.6 is 11.6 Å². The fraction of sp³-hybridized carbons (Fsp3) is 0.118. The highest BCUT2D eigenvalue weighted by molar-refractivity contribution is 7.90. The second-order valence-electron chi connectivity index (χ2n) is 5.82. The van der Waals surface area contributed by atoms with Gasteiger partial charge in [-0.2, -0.15) is 5.10 Å². The summed E-state index contributed by atoms with van der Waals surface area (Å²) in [6, 6.07) is 10.8. The lowest BCUT2D eigenvalue weighted by Gasteiger charge is -2.17. The van der Waals surface area contributed by atoms with Crippen molar-refractivity contribution in [3.8, 4) is 16.8 Å². The zero-order valence-electron chi connectivity index (χ0n) is 14.7. The summed E-state index contributed by atoms with van der Waals surface area (Å²) in [5, 5.41) is 9.90. The molecular formula is C17H17ClN4O4S2. The molecule has 0 saturated heterocycles. The Morgan fingerprint density at radius 2 is 1.71 bits per heavy atom. The van der Waals surface area contributed by atoms with E-state index in [0.29, 0.717) is 16.1 Å². The van der Waals surface area contributed by atoms with Gasteiger partial charge in [-0.3, -0.25) is 0 Å². The van der Waals surface area contributed by atoms with Crippen LogP contribution in [0.3, 0.4) is 0 Å². The fourth-order valence-electron chi connectivity index (χ4n) is 2.71. The third-order valence-corrected chi connectivity index (χ3v) is 6.62. The quantitative estimate of drug-likeness (QED) is 0.607. The number of benzene rings is 2. The number of halogens is 1. The summed E-state index contributed by atoms with van der Waals surface area (Å²) < 4.78 is 53.9. The van der Waals surface area contributed by atoms with Crippen LogP contribution in [0.2, 0.25) is 5.02 Å². The maximum Gasteiger partial charge on any atom is 0.242 e. The summed E-state index contributed by atoms with van der Waals surface area (Å²) in [5.74, 6) is 0. The molecule has 0 unspecified atom stereocenters. The second kappa shape index (κ2) is 7.64. The van der Waals surface area contributed by atoms with Crippen LogP contribution < -0.4 is 9.86 Å². The maximum absolute atomic E-state index is 12.9. The minimum Gasteiger partial charge on any atom is -0.238 e. The molecule has 28 heavy (non-hydrogen) atoms. The molecule has 0 aliphatic rings. The molecule has 2 aromatic carbocycles. The van der Waals surface area contributed by atoms with E-state index in [0.717, 1.165) is 4.68 Å². The molecule has 0 amide bonds. The van der Waals surface area contributed by atoms with Gasteiger partial charge in [-0.05, 0) is 41.5 Å². The number of nitrogens with zero attached hydrogens (tertiary/aromatic N) is 2. The molecule has 0 bridgehead atoms. The number of hydrogen-bond acceptors (Lipinski definition) is 5. The summed E-state index contributed by atoms with van der Waals surface area (Å²) in [7, 11) is -8.32. The number of hydrogen-bond donors (Lipinski definition) is 2. The molecule has 0 atom stereocenters. The van der Waals surface area contributed by atoms with Crippen molar-refractivity contribution >= 4 is 31.6 Å². The SMILES string of the molecule is CCNS(=O)(=O)c1cc(-c2ccc(Cl)cc2)cc(S(N)(=O)=O)c1-n1cccn1. The van der Waals surface area contributed by atoms with Crippen molar-refractivity contribution in [3.63, 3.8) is 0 Å². The van der Waals surface area contributed by atoms with Gasteiger partial charge >= 0.3 is 0 Å². The molecule has 1 aromatic heterocycles. The lowest BCUT2D eigenvalue weighted by Crippen LogP contribution is -2.26. The topological polar surface area (TPSA) is 124 Å². The predicted molar refractivity (Wildman–Crippen MR) is 106 cm³/mol. The molecule has 0 radical (unpaired) electrons. The van der Waals surface area contributed by atoms with Crippen LogP contribution in [-0.4, -0.2) is 33.2 Å². The zero-order chi connectivity index (χ0) is 20.5. The number of primary sulfonamides is 1. The molecule has 0 aliphatic heterocycles. The van der Waals surface area contributed by atoms with E-state index in [1.165, 1.54) is 24.5 Å². The van der Waals surface area contributed by atoms with Gasteiger partial charge in [0.1, 0.15) is 15.5 Å². The van der Waals surface area contributed by atoms with Crippen molar-refractivity contribution in [2.24, 2.45) is 5.14 Å². The van der Waals surface area contributed by atoms with Crippen molar-refractivity contribution in [3.05, 3.63) is 59.9 Å². The Bertz CT molecular complexity index is 1210. The summed E-state index contributed by atoms with van der Waals surface area (Å²) >= 11 is 5.91. The van der Waals surface area contributed by atoms with Gasteiger partial charge in [0.15, 0.2) is 0 Å². The first-order valence-corrected chi connectivity index (χ1v) is 11.5. The van der Waals surface area contributed by atoms with Crippen LogP contribution in [0, 0.1) is 0 Å². The zero-order valence-corrected chi connectivity index (χ0v) is 17.1. The number of rotatable bonds is 6. The summed E-state index contributed by atoms with van der Waals surface area (Å²) in [6.07, 6.45) is 2.85. The van der Waals surface area contributed by atoms with E-state index in [9.17, 15) is 16.8 Å². The maximum atomic E-state index is 12.9. The molecule has 0 saturated carbocycles. The summed E-state index contributed by atoms with van der Waals surface area (Å²) in [4.78, 5) is -0.616. The Morgan fingerprint density at radius 1 is 1.07 bits per heavy atom. The van der Waals surface area contributed by atoms with Crippen molar-refractivity contribution in [1.29, 1.82) is 0 Å². The molecule has 3 N–H and O–H groups in total. The van der Waals surface area contributed by atoms with Gasteiger partial charge in [0.05, 0.1) is 0 Å². The Balaban J connectivity index is 2.43. The van der Waals surface area contributed by atoms with E-state index in [1.54, 1.807) is 37.3 Å². The van der Waals surface area contributed by atoms with Gasteiger partial charge in [-0.1, -0.05) is 30.7 Å². The first kappa shape index (κ1) is 20.5. The lowest BCUT2D eigenvalue weighted by molar-refractivity contribution is 0.582. The van der Waals surface area contributed by atoms with Gasteiger partial charge in [-0.15, -0.1) is 0 Å². The molecule has 3 aromatic rings. The fourth-order valence-corrected chi connectivity index (χ4v) is 4.94. The minimum absolute atomic E-state index is 0.122. The van der Waals surface area contributed by atoms with Crippen molar-refractivity contribution in [1.82, 2.24) is 14.5 Å². The molecule has 0 fully saturated rings. The first-order chi connectivity index (χ1) is 13.1. The number of aromatic nitrogens is 2. The predicted octanol–water partition coefficient (Wildman–Crippen LogP) is 2.14. The molecule has 148 valence electrons. The van der Waals surface area contributed by atoms with E-state index in [1.807, 2.05) is 0 Å². The van der Waals surface area contributed by atoms with Gasteiger partial charge in [-0.25, -0.2) is 31.4 Å². The highest BCUT2D eigenvalue weighted by atomic mass is 35.5. The Labute approximate surface area is 168 Å². The van der Waals surface area contributed by atoms with Crippen LogP contribution in [0.5, 0.6) is 0 Å². The largest absolute Gasteiger partial charge is 0.242 e. The Hall–Kier alpha value is -2.24. The van der Waals surface area contributed by atoms with E-state index in [-0.39, 0.29) is 22.0 Å². The smallest absolute Gasteiger partial charge is 0.238 e. The normalized spacial score (nSPS) is 12.2. The molecule has 1 heterocycles. The van der Waals surface area contributed by atoms with Gasteiger partial charge in [0.25, 0.3) is 0 Å². The van der Waals surface area contributed by atoms with Gasteiger partial charge < -0.3 is 0 Å². The van der Waals surface area contributed by atoms with Crippen molar-refractivity contribution < 1.29 is 16.8 Å². The van der Waals surface area contributed by atoms with Crippen LogP contribution in [0.25, 0.3) is 16.8 Å². The molecule has 0 aliphatic carbocycles. The highest BCUT2D eigenvalue weighted by Gasteiger charge is 2.28. The minimum atomic E-state index is -4.28. The van der Waals surface area contributed by atoms with E-state index in [4.69, 9.17) is 16.7 Å². The van der Waals surface area contributed by atoms with Gasteiger partial charge in [0, 0.05) is 24.0 Å². The van der Waals surface area contributed by atoms with Crippen molar-refractivity contribution in [2.45, 2.75) is 16.7 Å². The Kier molecular flexibility index (Phi) is 5.60. The summed E-state index contributed by atoms with van der Waals surface area (Å²) in [6.45, 7) is 1.74. The monoisotopic (exact) mass is 440 g/mol. The third-order valence-electron chi connectivity index (χ3n) is 3.88. The van der Waals surface area contributed by atoms with E-state index < -0.39 is 20.0 Å². The average molecular weight is 441 g/mol.